The number of hydrogen-bond donors (Lipinski definition) is 0. The molecule has 0 aromatic heterocycles. The highest BCUT2D eigenvalue weighted by molar-refractivity contribution is 7.92. The average molecular weight is 356 g/mol. The van der Waals surface area contributed by atoms with Crippen molar-refractivity contribution in [2.75, 3.05) is 37.3 Å². The number of benzene rings is 1. The first-order valence-corrected chi connectivity index (χ1v) is 10.1. The maximum absolute atomic E-state index is 12.1. The number of amides is 1. The second-order valence-corrected chi connectivity index (χ2v) is 7.59. The van der Waals surface area contributed by atoms with Crippen LogP contribution in [-0.4, -0.2) is 52.2 Å². The predicted octanol–water partition coefficient (Wildman–Crippen LogP) is 2.50. The molecule has 0 aliphatic rings. The van der Waals surface area contributed by atoms with Crippen LogP contribution < -0.4 is 9.04 Å². The number of hydrogen-bond acceptors (Lipinski definition) is 4. The largest absolute Gasteiger partial charge is 0.494 e. The molecule has 0 saturated carbocycles. The van der Waals surface area contributed by atoms with Gasteiger partial charge in [0.1, 0.15) is 5.75 Å². The molecule has 0 heterocycles. The van der Waals surface area contributed by atoms with Crippen LogP contribution in [0.4, 0.5) is 5.69 Å². The highest BCUT2D eigenvalue weighted by atomic mass is 32.2. The number of unbranched alkanes of at least 4 members (excludes halogenated alkanes) is 1. The number of anilines is 1. The van der Waals surface area contributed by atoms with Gasteiger partial charge in [-0.1, -0.05) is 13.3 Å². The Morgan fingerprint density at radius 3 is 2.25 bits per heavy atom. The van der Waals surface area contributed by atoms with Gasteiger partial charge >= 0.3 is 0 Å². The summed E-state index contributed by atoms with van der Waals surface area (Å²) in [5.41, 5.74) is 0.532. The Hall–Kier alpha value is -1.76. The van der Waals surface area contributed by atoms with E-state index in [9.17, 15) is 13.2 Å². The topological polar surface area (TPSA) is 66.9 Å². The minimum atomic E-state index is -3.46. The van der Waals surface area contributed by atoms with E-state index in [1.54, 1.807) is 36.2 Å². The predicted molar refractivity (Wildman–Crippen MR) is 97.0 cm³/mol. The lowest BCUT2D eigenvalue weighted by atomic mass is 10.2. The molecule has 0 N–H and O–H groups in total. The van der Waals surface area contributed by atoms with E-state index in [-0.39, 0.29) is 18.9 Å². The van der Waals surface area contributed by atoms with Crippen molar-refractivity contribution in [3.63, 3.8) is 0 Å². The third-order valence-electron chi connectivity index (χ3n) is 3.64. The molecule has 7 heteroatoms. The van der Waals surface area contributed by atoms with Crippen LogP contribution in [-0.2, 0) is 14.8 Å². The first kappa shape index (κ1) is 20.3. The fraction of sp³-hybridized carbons (Fsp3) is 0.588. The lowest BCUT2D eigenvalue weighted by Crippen LogP contribution is -2.35. The van der Waals surface area contributed by atoms with E-state index in [0.717, 1.165) is 19.1 Å². The van der Waals surface area contributed by atoms with Crippen LogP contribution in [0.3, 0.4) is 0 Å². The minimum absolute atomic E-state index is 0.0527. The Morgan fingerprint density at radius 2 is 1.75 bits per heavy atom. The maximum atomic E-state index is 12.1. The summed E-state index contributed by atoms with van der Waals surface area (Å²) < 4.78 is 30.8. The quantitative estimate of drug-likeness (QED) is 0.646. The Labute approximate surface area is 145 Å². The first-order chi connectivity index (χ1) is 11.3. The average Bonchev–Trinajstić information content (AvgIpc) is 2.53. The molecule has 1 aromatic rings. The molecule has 0 aliphatic heterocycles. The molecular weight excluding hydrogens is 328 g/mol. The van der Waals surface area contributed by atoms with Crippen LogP contribution in [0.15, 0.2) is 24.3 Å². The minimum Gasteiger partial charge on any atom is -0.494 e. The molecule has 1 aromatic carbocycles. The van der Waals surface area contributed by atoms with Crippen LogP contribution in [0.25, 0.3) is 0 Å². The number of nitrogens with zero attached hydrogens (tertiary/aromatic N) is 2. The van der Waals surface area contributed by atoms with E-state index in [2.05, 4.69) is 6.92 Å². The molecule has 6 nitrogen and oxygen atoms in total. The van der Waals surface area contributed by atoms with Crippen molar-refractivity contribution in [3.8, 4) is 5.75 Å². The second-order valence-electron chi connectivity index (χ2n) is 5.68. The normalized spacial score (nSPS) is 11.2. The summed E-state index contributed by atoms with van der Waals surface area (Å²) >= 11 is 0. The summed E-state index contributed by atoms with van der Waals surface area (Å²) in [5, 5.41) is 0. The van der Waals surface area contributed by atoms with E-state index in [0.29, 0.717) is 24.6 Å². The van der Waals surface area contributed by atoms with E-state index >= 15 is 0 Å². The highest BCUT2D eigenvalue weighted by Gasteiger charge is 2.19. The van der Waals surface area contributed by atoms with Gasteiger partial charge in [0.05, 0.1) is 18.6 Å². The van der Waals surface area contributed by atoms with Gasteiger partial charge in [0.15, 0.2) is 0 Å². The summed E-state index contributed by atoms with van der Waals surface area (Å²) in [6.07, 6.45) is 3.26. The molecule has 0 fully saturated rings. The molecule has 0 aliphatic carbocycles. The van der Waals surface area contributed by atoms with Gasteiger partial charge in [-0.15, -0.1) is 0 Å². The lowest BCUT2D eigenvalue weighted by Gasteiger charge is -2.24. The van der Waals surface area contributed by atoms with Crippen molar-refractivity contribution in [1.82, 2.24) is 4.90 Å². The van der Waals surface area contributed by atoms with Crippen LogP contribution >= 0.6 is 0 Å². The van der Waals surface area contributed by atoms with Crippen molar-refractivity contribution >= 4 is 21.6 Å². The zero-order valence-corrected chi connectivity index (χ0v) is 15.8. The Morgan fingerprint density at radius 1 is 1.12 bits per heavy atom. The summed E-state index contributed by atoms with van der Waals surface area (Å²) in [4.78, 5) is 13.8. The maximum Gasteiger partial charge on any atom is 0.232 e. The van der Waals surface area contributed by atoms with Gasteiger partial charge in [-0.25, -0.2) is 8.42 Å². The zero-order chi connectivity index (χ0) is 18.2. The summed E-state index contributed by atoms with van der Waals surface area (Å²) in [6.45, 7) is 5.32. The molecule has 0 unspecified atom stereocenters. The van der Waals surface area contributed by atoms with Crippen LogP contribution in [0, 0.1) is 0 Å². The molecule has 1 amide bonds. The molecule has 0 bridgehead atoms. The second kappa shape index (κ2) is 9.52. The number of carbonyl (C=O) groups is 1. The van der Waals surface area contributed by atoms with Gasteiger partial charge < -0.3 is 9.64 Å². The van der Waals surface area contributed by atoms with Gasteiger partial charge in [0.25, 0.3) is 0 Å². The van der Waals surface area contributed by atoms with Crippen LogP contribution in [0.2, 0.25) is 0 Å². The summed E-state index contributed by atoms with van der Waals surface area (Å²) in [6, 6.07) is 6.84. The Balaban J connectivity index is 2.78. The van der Waals surface area contributed by atoms with E-state index in [4.69, 9.17) is 4.74 Å². The third-order valence-corrected chi connectivity index (χ3v) is 4.83. The fourth-order valence-electron chi connectivity index (χ4n) is 2.27. The van der Waals surface area contributed by atoms with Gasteiger partial charge in [-0.3, -0.25) is 9.10 Å². The van der Waals surface area contributed by atoms with Crippen LogP contribution in [0.1, 0.15) is 33.1 Å². The Bertz CT molecular complexity index is 614. The number of rotatable bonds is 10. The fourth-order valence-corrected chi connectivity index (χ4v) is 3.20. The van der Waals surface area contributed by atoms with E-state index < -0.39 is 10.0 Å². The first-order valence-electron chi connectivity index (χ1n) is 8.24. The van der Waals surface area contributed by atoms with Gasteiger partial charge in [0, 0.05) is 26.6 Å². The van der Waals surface area contributed by atoms with Gasteiger partial charge in [-0.05, 0) is 37.6 Å². The molecular formula is C17H28N2O4S. The number of ether oxygens (including phenoxy) is 1. The molecule has 0 radical (unpaired) electrons. The van der Waals surface area contributed by atoms with Crippen molar-refractivity contribution < 1.29 is 17.9 Å². The lowest BCUT2D eigenvalue weighted by molar-refractivity contribution is -0.129. The molecule has 136 valence electrons. The van der Waals surface area contributed by atoms with Crippen LogP contribution in [0.5, 0.6) is 5.75 Å². The monoisotopic (exact) mass is 356 g/mol. The molecule has 1 rings (SSSR count). The van der Waals surface area contributed by atoms with Crippen molar-refractivity contribution in [2.24, 2.45) is 0 Å². The SMILES string of the molecule is CCCCN(C)C(=O)CCN(c1ccc(OCC)cc1)S(C)(=O)=O. The smallest absolute Gasteiger partial charge is 0.232 e. The molecule has 0 atom stereocenters. The van der Waals surface area contributed by atoms with E-state index in [1.165, 1.54) is 4.31 Å². The molecule has 0 spiro atoms. The van der Waals surface area contributed by atoms with Crippen molar-refractivity contribution in [2.45, 2.75) is 33.1 Å². The van der Waals surface area contributed by atoms with E-state index in [1.807, 2.05) is 6.92 Å². The highest BCUT2D eigenvalue weighted by Crippen LogP contribution is 2.22. The number of sulfonamides is 1. The zero-order valence-electron chi connectivity index (χ0n) is 15.0. The Kier molecular flexibility index (Phi) is 8.04. The number of carbonyl (C=O) groups excluding carboxylic acids is 1. The molecule has 24 heavy (non-hydrogen) atoms. The molecule has 0 saturated heterocycles. The third kappa shape index (κ3) is 6.39. The standard InChI is InChI=1S/C17H28N2O4S/c1-5-7-13-18(3)17(20)12-14-19(24(4,21)22)15-8-10-16(11-9-15)23-6-2/h8-11H,5-7,12-14H2,1-4H3. The summed E-state index contributed by atoms with van der Waals surface area (Å²) in [5.74, 6) is 0.633. The van der Waals surface area contributed by atoms with Gasteiger partial charge in [-0.2, -0.15) is 0 Å². The van der Waals surface area contributed by atoms with Gasteiger partial charge in [0.2, 0.25) is 15.9 Å². The van der Waals surface area contributed by atoms with Crippen molar-refractivity contribution in [3.05, 3.63) is 24.3 Å². The summed E-state index contributed by atoms with van der Waals surface area (Å²) in [7, 11) is -1.71. The van der Waals surface area contributed by atoms with Crippen molar-refractivity contribution in [1.29, 1.82) is 0 Å².